The zero-order valence-electron chi connectivity index (χ0n) is 16.0. The Hall–Kier alpha value is -3.08. The van der Waals surface area contributed by atoms with Crippen LogP contribution in [0.15, 0.2) is 72.8 Å². The van der Waals surface area contributed by atoms with E-state index in [2.05, 4.69) is 5.32 Å². The van der Waals surface area contributed by atoms with E-state index in [0.29, 0.717) is 11.1 Å². The SMILES string of the molecule is Oc1ccc2ccccc2c1C(O)(c1c(O)ccc2ccccc12)[C@@H]1CCCN1. The van der Waals surface area contributed by atoms with Gasteiger partial charge in [0.2, 0.25) is 0 Å². The van der Waals surface area contributed by atoms with Gasteiger partial charge in [0.05, 0.1) is 0 Å². The second-order valence-corrected chi connectivity index (χ2v) is 7.78. The number of fused-ring (bicyclic) bond motifs is 2. The van der Waals surface area contributed by atoms with Gasteiger partial charge in [-0.3, -0.25) is 0 Å². The maximum atomic E-state index is 12.4. The van der Waals surface area contributed by atoms with Gasteiger partial charge in [-0.1, -0.05) is 60.7 Å². The van der Waals surface area contributed by atoms with Crippen LogP contribution in [0.3, 0.4) is 0 Å². The smallest absolute Gasteiger partial charge is 0.138 e. The van der Waals surface area contributed by atoms with E-state index >= 15 is 0 Å². The first-order valence-electron chi connectivity index (χ1n) is 9.99. The normalized spacial score (nSPS) is 17.2. The summed E-state index contributed by atoms with van der Waals surface area (Å²) in [5, 5.41) is 41.2. The zero-order valence-corrected chi connectivity index (χ0v) is 16.0. The van der Waals surface area contributed by atoms with Gasteiger partial charge < -0.3 is 20.6 Å². The molecular weight excluding hydrogens is 362 g/mol. The van der Waals surface area contributed by atoms with Gasteiger partial charge in [0.15, 0.2) is 0 Å². The molecule has 0 bridgehead atoms. The minimum atomic E-state index is -1.60. The summed E-state index contributed by atoms with van der Waals surface area (Å²) in [6.07, 6.45) is 1.66. The minimum Gasteiger partial charge on any atom is -0.508 e. The molecule has 1 atom stereocenters. The van der Waals surface area contributed by atoms with Crippen molar-refractivity contribution in [3.63, 3.8) is 0 Å². The van der Waals surface area contributed by atoms with E-state index in [1.807, 2.05) is 60.7 Å². The van der Waals surface area contributed by atoms with Gasteiger partial charge in [-0.25, -0.2) is 0 Å². The van der Waals surface area contributed by atoms with Crippen LogP contribution < -0.4 is 5.32 Å². The molecule has 0 radical (unpaired) electrons. The van der Waals surface area contributed by atoms with E-state index in [1.54, 1.807) is 12.1 Å². The van der Waals surface area contributed by atoms with Gasteiger partial charge >= 0.3 is 0 Å². The average Bonchev–Trinajstić information content (AvgIpc) is 3.29. The van der Waals surface area contributed by atoms with E-state index < -0.39 is 5.60 Å². The van der Waals surface area contributed by atoms with Gasteiger partial charge in [0.1, 0.15) is 17.1 Å². The van der Waals surface area contributed by atoms with E-state index in [9.17, 15) is 15.3 Å². The van der Waals surface area contributed by atoms with E-state index in [-0.39, 0.29) is 17.5 Å². The average molecular weight is 385 g/mol. The molecule has 0 spiro atoms. The van der Waals surface area contributed by atoms with Crippen LogP contribution in [0.2, 0.25) is 0 Å². The molecule has 0 aromatic heterocycles. The Kier molecular flexibility index (Phi) is 4.19. The van der Waals surface area contributed by atoms with Crippen molar-refractivity contribution in [2.24, 2.45) is 0 Å². The van der Waals surface area contributed by atoms with Crippen molar-refractivity contribution in [3.8, 4) is 11.5 Å². The van der Waals surface area contributed by atoms with Crippen molar-refractivity contribution < 1.29 is 15.3 Å². The lowest BCUT2D eigenvalue weighted by atomic mass is 9.75. The van der Waals surface area contributed by atoms with Crippen molar-refractivity contribution >= 4 is 21.5 Å². The molecule has 4 aromatic rings. The number of hydrogen-bond acceptors (Lipinski definition) is 4. The number of rotatable bonds is 3. The first-order chi connectivity index (χ1) is 14.1. The summed E-state index contributed by atoms with van der Waals surface area (Å²) in [4.78, 5) is 0. The third-order valence-electron chi connectivity index (χ3n) is 6.14. The molecule has 1 heterocycles. The number of hydrogen-bond donors (Lipinski definition) is 4. The molecule has 4 heteroatoms. The zero-order chi connectivity index (χ0) is 20.0. The van der Waals surface area contributed by atoms with E-state index in [1.165, 1.54) is 0 Å². The van der Waals surface area contributed by atoms with E-state index in [4.69, 9.17) is 0 Å². The third kappa shape index (κ3) is 2.68. The molecule has 1 fully saturated rings. The Labute approximate surface area is 169 Å². The van der Waals surface area contributed by atoms with Crippen molar-refractivity contribution in [1.29, 1.82) is 0 Å². The molecule has 1 aliphatic heterocycles. The lowest BCUT2D eigenvalue weighted by Gasteiger charge is -2.37. The molecule has 4 aromatic carbocycles. The second-order valence-electron chi connectivity index (χ2n) is 7.78. The first kappa shape index (κ1) is 18.0. The number of benzene rings is 4. The van der Waals surface area contributed by atoms with Crippen LogP contribution in [0, 0.1) is 0 Å². The Morgan fingerprint density at radius 3 is 1.72 bits per heavy atom. The summed E-state index contributed by atoms with van der Waals surface area (Å²) >= 11 is 0. The van der Waals surface area contributed by atoms with Crippen molar-refractivity contribution in [1.82, 2.24) is 5.32 Å². The number of aliphatic hydroxyl groups is 1. The molecule has 146 valence electrons. The van der Waals surface area contributed by atoms with Crippen LogP contribution in [-0.4, -0.2) is 27.9 Å². The summed E-state index contributed by atoms with van der Waals surface area (Å²) in [5.41, 5.74) is -0.741. The molecule has 1 aliphatic rings. The summed E-state index contributed by atoms with van der Waals surface area (Å²) in [6, 6.07) is 22.0. The van der Waals surface area contributed by atoms with Gasteiger partial charge in [-0.2, -0.15) is 0 Å². The largest absolute Gasteiger partial charge is 0.508 e. The third-order valence-corrected chi connectivity index (χ3v) is 6.14. The van der Waals surface area contributed by atoms with Crippen LogP contribution in [0.4, 0.5) is 0 Å². The summed E-state index contributed by atoms with van der Waals surface area (Å²) in [6.45, 7) is 0.782. The first-order valence-corrected chi connectivity index (χ1v) is 9.99. The topological polar surface area (TPSA) is 72.7 Å². The van der Waals surface area contributed by atoms with Crippen LogP contribution >= 0.6 is 0 Å². The minimum absolute atomic E-state index is 0.0206. The van der Waals surface area contributed by atoms with Gasteiger partial charge in [0, 0.05) is 17.2 Å². The standard InChI is InChI=1S/C25H23NO3/c27-20-13-11-16-6-1-3-8-18(16)23(20)25(29,22-10-5-15-26-22)24-19-9-4-2-7-17(19)12-14-21(24)28/h1-4,6-9,11-14,22,26-29H,5,10,15H2/t22-/m0/s1. The van der Waals surface area contributed by atoms with Crippen LogP contribution in [0.1, 0.15) is 24.0 Å². The van der Waals surface area contributed by atoms with Crippen molar-refractivity contribution in [2.75, 3.05) is 6.54 Å². The predicted octanol–water partition coefficient (Wildman–Crippen LogP) is 4.39. The molecule has 1 saturated heterocycles. The van der Waals surface area contributed by atoms with Crippen LogP contribution in [0.5, 0.6) is 11.5 Å². The molecule has 0 unspecified atom stereocenters. The highest BCUT2D eigenvalue weighted by molar-refractivity contribution is 5.93. The van der Waals surface area contributed by atoms with Gasteiger partial charge in [-0.15, -0.1) is 0 Å². The highest BCUT2D eigenvalue weighted by Gasteiger charge is 2.46. The van der Waals surface area contributed by atoms with Crippen molar-refractivity contribution in [2.45, 2.75) is 24.5 Å². The molecule has 0 amide bonds. The quantitative estimate of drug-likeness (QED) is 0.422. The number of nitrogens with one attached hydrogen (secondary N) is 1. The molecule has 0 saturated carbocycles. The van der Waals surface area contributed by atoms with Gasteiger partial charge in [0.25, 0.3) is 0 Å². The lowest BCUT2D eigenvalue weighted by Crippen LogP contribution is -2.46. The monoisotopic (exact) mass is 385 g/mol. The maximum absolute atomic E-state index is 12.4. The summed E-state index contributed by atoms with van der Waals surface area (Å²) in [7, 11) is 0. The molecule has 4 nitrogen and oxygen atoms in total. The molecule has 5 rings (SSSR count). The Morgan fingerprint density at radius 2 is 1.24 bits per heavy atom. The fourth-order valence-corrected chi connectivity index (χ4v) is 4.84. The van der Waals surface area contributed by atoms with Crippen LogP contribution in [-0.2, 0) is 5.60 Å². The lowest BCUT2D eigenvalue weighted by molar-refractivity contribution is 0.0427. The Bertz CT molecular complexity index is 1130. The number of phenols is 2. The van der Waals surface area contributed by atoms with Crippen molar-refractivity contribution in [3.05, 3.63) is 83.9 Å². The molecule has 29 heavy (non-hydrogen) atoms. The Morgan fingerprint density at radius 1 is 0.724 bits per heavy atom. The second kappa shape index (κ2) is 6.76. The van der Waals surface area contributed by atoms with E-state index in [0.717, 1.165) is 40.9 Å². The fourth-order valence-electron chi connectivity index (χ4n) is 4.84. The fraction of sp³-hybridized carbons (Fsp3) is 0.200. The summed E-state index contributed by atoms with van der Waals surface area (Å²) in [5.74, 6) is 0.0412. The summed E-state index contributed by atoms with van der Waals surface area (Å²) < 4.78 is 0. The molecule has 4 N–H and O–H groups in total. The molecular formula is C25H23NO3. The molecule has 0 aliphatic carbocycles. The van der Waals surface area contributed by atoms with Crippen LogP contribution in [0.25, 0.3) is 21.5 Å². The van der Waals surface area contributed by atoms with Gasteiger partial charge in [-0.05, 0) is 53.1 Å². The highest BCUT2D eigenvalue weighted by atomic mass is 16.3. The Balaban J connectivity index is 1.92. The predicted molar refractivity (Wildman–Crippen MR) is 115 cm³/mol. The number of phenolic OH excluding ortho intramolecular Hbond substituents is 2. The maximum Gasteiger partial charge on any atom is 0.138 e. The number of aromatic hydroxyl groups is 2. The highest BCUT2D eigenvalue weighted by Crippen LogP contribution is 2.48.